The van der Waals surface area contributed by atoms with Gasteiger partial charge >= 0.3 is 0 Å². The Morgan fingerprint density at radius 3 is 2.60 bits per heavy atom. The van der Waals surface area contributed by atoms with Crippen LogP contribution in [0.5, 0.6) is 0 Å². The summed E-state index contributed by atoms with van der Waals surface area (Å²) in [5.41, 5.74) is 8.68. The quantitative estimate of drug-likeness (QED) is 0.738. The van der Waals surface area contributed by atoms with Gasteiger partial charge in [-0.25, -0.2) is 4.98 Å². The van der Waals surface area contributed by atoms with Gasteiger partial charge in [0.2, 0.25) is 5.91 Å². The maximum atomic E-state index is 11.0. The van der Waals surface area contributed by atoms with Crippen molar-refractivity contribution in [2.24, 2.45) is 5.73 Å². The molecule has 0 bridgehead atoms. The van der Waals surface area contributed by atoms with E-state index in [0.29, 0.717) is 0 Å². The van der Waals surface area contributed by atoms with Crippen LogP contribution < -0.4 is 5.73 Å². The van der Waals surface area contributed by atoms with Gasteiger partial charge in [0.25, 0.3) is 0 Å². The Bertz CT molecular complexity index is 788. The number of carbonyl (C=O) groups is 1. The highest BCUT2D eigenvalue weighted by Gasteiger charge is 2.11. The van der Waals surface area contributed by atoms with Crippen molar-refractivity contribution >= 4 is 17.6 Å². The van der Waals surface area contributed by atoms with Crippen LogP contribution in [0.3, 0.4) is 0 Å². The van der Waals surface area contributed by atoms with E-state index in [1.807, 2.05) is 59.1 Å². The molecule has 0 aliphatic heterocycles. The predicted octanol–water partition coefficient (Wildman–Crippen LogP) is 2.50. The highest BCUT2D eigenvalue weighted by Crippen LogP contribution is 2.25. The number of aromatic nitrogens is 2. The van der Waals surface area contributed by atoms with Gasteiger partial charge in [-0.3, -0.25) is 9.20 Å². The van der Waals surface area contributed by atoms with E-state index >= 15 is 0 Å². The highest BCUT2D eigenvalue weighted by atomic mass is 16.1. The topological polar surface area (TPSA) is 60.4 Å². The van der Waals surface area contributed by atoms with Crippen LogP contribution in [-0.4, -0.2) is 15.3 Å². The maximum absolute atomic E-state index is 11.0. The normalized spacial score (nSPS) is 11.2. The van der Waals surface area contributed by atoms with Gasteiger partial charge in [0.15, 0.2) is 0 Å². The molecule has 1 aromatic carbocycles. The molecule has 2 N–H and O–H groups in total. The molecule has 20 heavy (non-hydrogen) atoms. The van der Waals surface area contributed by atoms with Crippen molar-refractivity contribution in [3.63, 3.8) is 0 Å². The first-order valence-corrected chi connectivity index (χ1v) is 6.26. The van der Waals surface area contributed by atoms with Gasteiger partial charge in [-0.1, -0.05) is 36.4 Å². The minimum absolute atomic E-state index is 0.477. The zero-order valence-corrected chi connectivity index (χ0v) is 10.7. The summed E-state index contributed by atoms with van der Waals surface area (Å²) in [5, 5.41) is 0. The molecular weight excluding hydrogens is 250 g/mol. The van der Waals surface area contributed by atoms with Crippen molar-refractivity contribution in [3.8, 4) is 11.3 Å². The Labute approximate surface area is 116 Å². The molecule has 0 saturated carbocycles. The van der Waals surface area contributed by atoms with E-state index in [-0.39, 0.29) is 0 Å². The van der Waals surface area contributed by atoms with Gasteiger partial charge in [0.05, 0.1) is 11.4 Å². The summed E-state index contributed by atoms with van der Waals surface area (Å²) in [7, 11) is 0. The van der Waals surface area contributed by atoms with Crippen molar-refractivity contribution in [2.45, 2.75) is 0 Å². The van der Waals surface area contributed by atoms with Crippen molar-refractivity contribution in [1.29, 1.82) is 0 Å². The van der Waals surface area contributed by atoms with Crippen molar-refractivity contribution in [2.75, 3.05) is 0 Å². The number of carbonyl (C=O) groups excluding carboxylic acids is 1. The molecule has 2 aromatic heterocycles. The average Bonchev–Trinajstić information content (AvgIpc) is 2.84. The fourth-order valence-corrected chi connectivity index (χ4v) is 2.14. The van der Waals surface area contributed by atoms with E-state index in [0.717, 1.165) is 22.6 Å². The number of amides is 1. The van der Waals surface area contributed by atoms with E-state index in [1.54, 1.807) is 6.08 Å². The van der Waals surface area contributed by atoms with E-state index in [4.69, 9.17) is 5.73 Å². The minimum Gasteiger partial charge on any atom is -0.366 e. The lowest BCUT2D eigenvalue weighted by atomic mass is 10.1. The van der Waals surface area contributed by atoms with Crippen LogP contribution in [0.25, 0.3) is 23.0 Å². The van der Waals surface area contributed by atoms with Crippen molar-refractivity contribution < 1.29 is 4.79 Å². The zero-order valence-electron chi connectivity index (χ0n) is 10.7. The summed E-state index contributed by atoms with van der Waals surface area (Å²) >= 11 is 0. The summed E-state index contributed by atoms with van der Waals surface area (Å²) < 4.78 is 1.93. The Morgan fingerprint density at radius 1 is 1.10 bits per heavy atom. The van der Waals surface area contributed by atoms with Gasteiger partial charge in [-0.2, -0.15) is 0 Å². The molecule has 0 saturated heterocycles. The van der Waals surface area contributed by atoms with Crippen LogP contribution in [-0.2, 0) is 4.79 Å². The fraction of sp³-hybridized carbons (Fsp3) is 0. The van der Waals surface area contributed by atoms with Gasteiger partial charge in [0, 0.05) is 17.8 Å². The highest BCUT2D eigenvalue weighted by molar-refractivity contribution is 5.91. The molecule has 0 spiro atoms. The second-order valence-corrected chi connectivity index (χ2v) is 4.38. The van der Waals surface area contributed by atoms with Gasteiger partial charge < -0.3 is 5.73 Å². The molecule has 0 aliphatic rings. The molecule has 3 aromatic rings. The smallest absolute Gasteiger partial charge is 0.241 e. The maximum Gasteiger partial charge on any atom is 0.241 e. The van der Waals surface area contributed by atoms with E-state index in [9.17, 15) is 4.79 Å². The number of pyridine rings is 1. The first-order chi connectivity index (χ1) is 9.75. The summed E-state index contributed by atoms with van der Waals surface area (Å²) in [4.78, 5) is 15.6. The number of nitrogens with two attached hydrogens (primary N) is 1. The number of rotatable bonds is 3. The first-order valence-electron chi connectivity index (χ1n) is 6.26. The Kier molecular flexibility index (Phi) is 3.05. The largest absolute Gasteiger partial charge is 0.366 e. The van der Waals surface area contributed by atoms with Crippen molar-refractivity contribution in [3.05, 3.63) is 66.5 Å². The molecule has 0 aliphatic carbocycles. The van der Waals surface area contributed by atoms with Crippen LogP contribution in [0.15, 0.2) is 60.8 Å². The number of primary amides is 1. The third-order valence-corrected chi connectivity index (χ3v) is 3.02. The lowest BCUT2D eigenvalue weighted by molar-refractivity contribution is -0.113. The number of hydrogen-bond acceptors (Lipinski definition) is 2. The zero-order chi connectivity index (χ0) is 13.9. The Morgan fingerprint density at radius 2 is 1.85 bits per heavy atom. The third-order valence-electron chi connectivity index (χ3n) is 3.02. The number of nitrogens with zero attached hydrogens (tertiary/aromatic N) is 2. The number of imidazole rings is 1. The predicted molar refractivity (Wildman–Crippen MR) is 78.9 cm³/mol. The molecule has 0 unspecified atom stereocenters. The lowest BCUT2D eigenvalue weighted by Crippen LogP contribution is -2.05. The first kappa shape index (κ1) is 12.2. The SMILES string of the molecule is NC(=O)/C=C/c1c(-c2ccccc2)nc2ccccn12. The fourth-order valence-electron chi connectivity index (χ4n) is 2.14. The molecule has 4 nitrogen and oxygen atoms in total. The molecular formula is C16H13N3O. The van der Waals surface area contributed by atoms with Gasteiger partial charge in [-0.05, 0) is 18.2 Å². The van der Waals surface area contributed by atoms with E-state index in [2.05, 4.69) is 4.98 Å². The summed E-state index contributed by atoms with van der Waals surface area (Å²) in [6, 6.07) is 15.6. The van der Waals surface area contributed by atoms with Crippen LogP contribution in [0, 0.1) is 0 Å². The standard InChI is InChI=1S/C16H13N3O/c17-14(20)10-9-13-16(12-6-2-1-3-7-12)18-15-8-4-5-11-19(13)15/h1-11H,(H2,17,20)/b10-9+. The van der Waals surface area contributed by atoms with Crippen LogP contribution in [0.2, 0.25) is 0 Å². The molecule has 3 rings (SSSR count). The Balaban J connectivity index is 2.25. The number of fused-ring (bicyclic) bond motifs is 1. The van der Waals surface area contributed by atoms with Gasteiger partial charge in [-0.15, -0.1) is 0 Å². The van der Waals surface area contributed by atoms with Crippen LogP contribution in [0.1, 0.15) is 5.69 Å². The van der Waals surface area contributed by atoms with E-state index < -0.39 is 5.91 Å². The summed E-state index contributed by atoms with van der Waals surface area (Å²) in [5.74, 6) is -0.477. The van der Waals surface area contributed by atoms with Gasteiger partial charge in [0.1, 0.15) is 5.65 Å². The number of benzene rings is 1. The molecule has 0 atom stereocenters. The van der Waals surface area contributed by atoms with E-state index in [1.165, 1.54) is 6.08 Å². The molecule has 2 heterocycles. The van der Waals surface area contributed by atoms with Crippen LogP contribution >= 0.6 is 0 Å². The lowest BCUT2D eigenvalue weighted by Gasteiger charge is -2.00. The Hall–Kier alpha value is -2.88. The third kappa shape index (κ3) is 2.19. The molecule has 98 valence electrons. The minimum atomic E-state index is -0.477. The monoisotopic (exact) mass is 263 g/mol. The summed E-state index contributed by atoms with van der Waals surface area (Å²) in [6.45, 7) is 0. The average molecular weight is 263 g/mol. The second kappa shape index (κ2) is 5.01. The molecule has 1 amide bonds. The molecule has 0 radical (unpaired) electrons. The molecule has 4 heteroatoms. The molecule has 0 fully saturated rings. The second-order valence-electron chi connectivity index (χ2n) is 4.38. The van der Waals surface area contributed by atoms with Crippen LogP contribution in [0.4, 0.5) is 0 Å². The summed E-state index contributed by atoms with van der Waals surface area (Å²) in [6.07, 6.45) is 4.96. The number of hydrogen-bond donors (Lipinski definition) is 1. The van der Waals surface area contributed by atoms with Crippen molar-refractivity contribution in [1.82, 2.24) is 9.38 Å².